The molecule has 1 heterocycles. The average molecular weight is 274 g/mol. The van der Waals surface area contributed by atoms with Crippen molar-refractivity contribution in [2.24, 2.45) is 5.92 Å². The first-order chi connectivity index (χ1) is 9.58. The van der Waals surface area contributed by atoms with E-state index in [1.165, 1.54) is 55.7 Å². The first-order valence-electron chi connectivity index (χ1n) is 8.15. The lowest BCUT2D eigenvalue weighted by atomic mass is 9.91. The summed E-state index contributed by atoms with van der Waals surface area (Å²) in [6.45, 7) is 12.8. The maximum absolute atomic E-state index is 3.73. The molecular formula is C18H30N2. The summed E-state index contributed by atoms with van der Waals surface area (Å²) in [5.41, 5.74) is 3.97. The summed E-state index contributed by atoms with van der Waals surface area (Å²) in [7, 11) is 0. The fourth-order valence-corrected chi connectivity index (χ4v) is 3.46. The molecule has 2 heteroatoms. The van der Waals surface area contributed by atoms with Crippen LogP contribution in [0.1, 0.15) is 44.2 Å². The SMILES string of the molecule is CCCN1CCCC(C(C)Nc2cc(C)cc(C)c2)C1. The Kier molecular flexibility index (Phi) is 5.47. The molecule has 1 fully saturated rings. The van der Waals surface area contributed by atoms with Gasteiger partial charge >= 0.3 is 0 Å². The van der Waals surface area contributed by atoms with Crippen molar-refractivity contribution in [3.63, 3.8) is 0 Å². The molecule has 1 aromatic rings. The minimum atomic E-state index is 0.552. The smallest absolute Gasteiger partial charge is 0.0347 e. The Morgan fingerprint density at radius 2 is 1.95 bits per heavy atom. The molecule has 2 rings (SSSR count). The van der Waals surface area contributed by atoms with E-state index in [-0.39, 0.29) is 0 Å². The molecule has 0 aromatic heterocycles. The molecule has 1 N–H and O–H groups in total. The third-order valence-electron chi connectivity index (χ3n) is 4.40. The second-order valence-electron chi connectivity index (χ2n) is 6.51. The zero-order valence-electron chi connectivity index (χ0n) is 13.6. The van der Waals surface area contributed by atoms with Gasteiger partial charge in [-0.3, -0.25) is 0 Å². The van der Waals surface area contributed by atoms with Gasteiger partial charge in [-0.1, -0.05) is 13.0 Å². The number of rotatable bonds is 5. The van der Waals surface area contributed by atoms with Crippen LogP contribution < -0.4 is 5.32 Å². The fourth-order valence-electron chi connectivity index (χ4n) is 3.46. The predicted octanol–water partition coefficient (Wildman–Crippen LogP) is 4.23. The van der Waals surface area contributed by atoms with E-state index in [9.17, 15) is 0 Å². The lowest BCUT2D eigenvalue weighted by molar-refractivity contribution is 0.165. The third kappa shape index (κ3) is 4.24. The lowest BCUT2D eigenvalue weighted by Crippen LogP contribution is -2.42. The molecule has 20 heavy (non-hydrogen) atoms. The van der Waals surface area contributed by atoms with Crippen LogP contribution in [0.25, 0.3) is 0 Å². The van der Waals surface area contributed by atoms with Gasteiger partial charge in [-0.2, -0.15) is 0 Å². The van der Waals surface area contributed by atoms with Crippen LogP contribution in [0.3, 0.4) is 0 Å². The molecule has 0 saturated carbocycles. The van der Waals surface area contributed by atoms with E-state index < -0.39 is 0 Å². The normalized spacial score (nSPS) is 21.7. The van der Waals surface area contributed by atoms with Crippen LogP contribution >= 0.6 is 0 Å². The van der Waals surface area contributed by atoms with Crippen LogP contribution in [0.2, 0.25) is 0 Å². The molecule has 0 radical (unpaired) electrons. The first-order valence-corrected chi connectivity index (χ1v) is 8.15. The maximum Gasteiger partial charge on any atom is 0.0347 e. The minimum Gasteiger partial charge on any atom is -0.382 e. The van der Waals surface area contributed by atoms with Crippen molar-refractivity contribution in [2.75, 3.05) is 25.0 Å². The van der Waals surface area contributed by atoms with E-state index in [1.807, 2.05) is 0 Å². The molecule has 112 valence electrons. The van der Waals surface area contributed by atoms with Crippen LogP contribution in [0.5, 0.6) is 0 Å². The van der Waals surface area contributed by atoms with Gasteiger partial charge < -0.3 is 10.2 Å². The van der Waals surface area contributed by atoms with Gasteiger partial charge in [-0.05, 0) is 82.3 Å². The van der Waals surface area contributed by atoms with Crippen LogP contribution in [-0.4, -0.2) is 30.6 Å². The highest BCUT2D eigenvalue weighted by Crippen LogP contribution is 2.23. The molecule has 0 spiro atoms. The molecule has 1 aliphatic rings. The molecule has 1 aliphatic heterocycles. The van der Waals surface area contributed by atoms with Gasteiger partial charge in [0.1, 0.15) is 0 Å². The number of hydrogen-bond donors (Lipinski definition) is 1. The quantitative estimate of drug-likeness (QED) is 0.864. The second-order valence-corrected chi connectivity index (χ2v) is 6.51. The molecule has 0 amide bonds. The summed E-state index contributed by atoms with van der Waals surface area (Å²) in [4.78, 5) is 2.63. The van der Waals surface area contributed by atoms with Crippen LogP contribution in [0.15, 0.2) is 18.2 Å². The van der Waals surface area contributed by atoms with E-state index in [0.29, 0.717) is 6.04 Å². The first kappa shape index (κ1) is 15.4. The summed E-state index contributed by atoms with van der Waals surface area (Å²) in [5.74, 6) is 0.774. The van der Waals surface area contributed by atoms with Gasteiger partial charge in [0.2, 0.25) is 0 Å². The number of piperidine rings is 1. The summed E-state index contributed by atoms with van der Waals surface area (Å²) in [5, 5.41) is 3.73. The Morgan fingerprint density at radius 3 is 2.60 bits per heavy atom. The predicted molar refractivity (Wildman–Crippen MR) is 88.5 cm³/mol. The van der Waals surface area contributed by atoms with E-state index >= 15 is 0 Å². The van der Waals surface area contributed by atoms with Crippen molar-refractivity contribution < 1.29 is 0 Å². The Hall–Kier alpha value is -1.02. The highest BCUT2D eigenvalue weighted by molar-refractivity contribution is 5.49. The van der Waals surface area contributed by atoms with Gasteiger partial charge in [-0.15, -0.1) is 0 Å². The molecule has 0 bridgehead atoms. The van der Waals surface area contributed by atoms with Crippen LogP contribution in [0, 0.1) is 19.8 Å². The van der Waals surface area contributed by atoms with Gasteiger partial charge in [0.15, 0.2) is 0 Å². The van der Waals surface area contributed by atoms with E-state index in [2.05, 4.69) is 56.1 Å². The number of hydrogen-bond acceptors (Lipinski definition) is 2. The van der Waals surface area contributed by atoms with Crippen molar-refractivity contribution in [1.82, 2.24) is 4.90 Å². The monoisotopic (exact) mass is 274 g/mol. The zero-order valence-corrected chi connectivity index (χ0v) is 13.6. The van der Waals surface area contributed by atoms with Crippen molar-refractivity contribution in [3.05, 3.63) is 29.3 Å². The zero-order chi connectivity index (χ0) is 14.5. The second kappa shape index (κ2) is 7.12. The largest absolute Gasteiger partial charge is 0.382 e. The number of likely N-dealkylation sites (tertiary alicyclic amines) is 1. The molecule has 2 unspecified atom stereocenters. The average Bonchev–Trinajstić information content (AvgIpc) is 2.38. The summed E-state index contributed by atoms with van der Waals surface area (Å²) >= 11 is 0. The fraction of sp³-hybridized carbons (Fsp3) is 0.667. The molecule has 0 aliphatic carbocycles. The van der Waals surface area contributed by atoms with Crippen molar-refractivity contribution >= 4 is 5.69 Å². The highest BCUT2D eigenvalue weighted by atomic mass is 15.1. The number of nitrogens with zero attached hydrogens (tertiary/aromatic N) is 1. The molecule has 1 aromatic carbocycles. The molecule has 2 atom stereocenters. The Labute approximate surface area is 124 Å². The van der Waals surface area contributed by atoms with Gasteiger partial charge in [0.05, 0.1) is 0 Å². The Bertz CT molecular complexity index is 405. The van der Waals surface area contributed by atoms with E-state index in [1.54, 1.807) is 0 Å². The van der Waals surface area contributed by atoms with E-state index in [4.69, 9.17) is 0 Å². The minimum absolute atomic E-state index is 0.552. The molecular weight excluding hydrogens is 244 g/mol. The lowest BCUT2D eigenvalue weighted by Gasteiger charge is -2.36. The summed E-state index contributed by atoms with van der Waals surface area (Å²) < 4.78 is 0. The van der Waals surface area contributed by atoms with Crippen molar-refractivity contribution in [2.45, 2.75) is 53.0 Å². The Morgan fingerprint density at radius 1 is 1.25 bits per heavy atom. The number of aryl methyl sites for hydroxylation is 2. The van der Waals surface area contributed by atoms with Crippen LogP contribution in [-0.2, 0) is 0 Å². The summed E-state index contributed by atoms with van der Waals surface area (Å²) in [6.07, 6.45) is 3.98. The van der Waals surface area contributed by atoms with Gasteiger partial charge in [0.25, 0.3) is 0 Å². The summed E-state index contributed by atoms with van der Waals surface area (Å²) in [6, 6.07) is 7.31. The maximum atomic E-state index is 3.73. The number of nitrogens with one attached hydrogen (secondary N) is 1. The van der Waals surface area contributed by atoms with Gasteiger partial charge in [-0.25, -0.2) is 0 Å². The number of anilines is 1. The molecule has 2 nitrogen and oxygen atoms in total. The topological polar surface area (TPSA) is 15.3 Å². The van der Waals surface area contributed by atoms with Crippen molar-refractivity contribution in [1.29, 1.82) is 0 Å². The standard InChI is InChI=1S/C18H30N2/c1-5-8-20-9-6-7-17(13-20)16(4)19-18-11-14(2)10-15(3)12-18/h10-12,16-17,19H,5-9,13H2,1-4H3. The van der Waals surface area contributed by atoms with Crippen molar-refractivity contribution in [3.8, 4) is 0 Å². The Balaban J connectivity index is 1.95. The molecule has 1 saturated heterocycles. The number of benzene rings is 1. The van der Waals surface area contributed by atoms with Crippen LogP contribution in [0.4, 0.5) is 5.69 Å². The highest BCUT2D eigenvalue weighted by Gasteiger charge is 2.24. The van der Waals surface area contributed by atoms with Gasteiger partial charge in [0, 0.05) is 18.3 Å². The third-order valence-corrected chi connectivity index (χ3v) is 4.40. The van der Waals surface area contributed by atoms with E-state index in [0.717, 1.165) is 5.92 Å².